The van der Waals surface area contributed by atoms with Gasteiger partial charge in [0.05, 0.1) is 22.6 Å². The maximum atomic E-state index is 14.1. The van der Waals surface area contributed by atoms with Gasteiger partial charge in [-0.15, -0.1) is 0 Å². The summed E-state index contributed by atoms with van der Waals surface area (Å²) in [7, 11) is 0. The average Bonchev–Trinajstić information content (AvgIpc) is 3.46. The van der Waals surface area contributed by atoms with Gasteiger partial charge in [0.1, 0.15) is 17.0 Å². The summed E-state index contributed by atoms with van der Waals surface area (Å²) < 4.78 is 14.1. The molecule has 0 radical (unpaired) electrons. The van der Waals surface area contributed by atoms with Crippen molar-refractivity contribution in [2.24, 2.45) is 0 Å². The first-order valence-corrected chi connectivity index (χ1v) is 11.9. The van der Waals surface area contributed by atoms with Gasteiger partial charge in [-0.2, -0.15) is 5.10 Å². The zero-order chi connectivity index (χ0) is 24.8. The highest BCUT2D eigenvalue weighted by Crippen LogP contribution is 2.35. The fourth-order valence-corrected chi connectivity index (χ4v) is 4.67. The first-order chi connectivity index (χ1) is 17.4. The number of aromatic nitrogens is 5. The molecular weight excluding hydrogens is 451 g/mol. The third kappa shape index (κ3) is 3.98. The van der Waals surface area contributed by atoms with Gasteiger partial charge in [0.15, 0.2) is 0 Å². The van der Waals surface area contributed by atoms with Crippen molar-refractivity contribution in [3.05, 3.63) is 84.4 Å². The van der Waals surface area contributed by atoms with Gasteiger partial charge >= 0.3 is 0 Å². The Morgan fingerprint density at radius 3 is 2.64 bits per heavy atom. The summed E-state index contributed by atoms with van der Waals surface area (Å²) in [6, 6.07) is 19.5. The van der Waals surface area contributed by atoms with Crippen LogP contribution in [0.5, 0.6) is 0 Å². The van der Waals surface area contributed by atoms with Crippen molar-refractivity contribution in [2.75, 3.05) is 5.32 Å². The first kappa shape index (κ1) is 22.0. The minimum atomic E-state index is -0.241. The topological polar surface area (TPSA) is 82.3 Å². The van der Waals surface area contributed by atoms with Crippen molar-refractivity contribution in [1.29, 1.82) is 0 Å². The number of fused-ring (bicyclic) bond motifs is 2. The number of pyridine rings is 2. The summed E-state index contributed by atoms with van der Waals surface area (Å²) in [5.41, 5.74) is 9.53. The second-order valence-corrected chi connectivity index (χ2v) is 9.39. The molecule has 4 heterocycles. The largest absolute Gasteiger partial charge is 0.382 e. The molecule has 178 valence electrons. The van der Waals surface area contributed by atoms with Crippen LogP contribution in [0.4, 0.5) is 10.1 Å². The molecule has 4 aromatic heterocycles. The summed E-state index contributed by atoms with van der Waals surface area (Å²) in [6.45, 7) is 6.09. The van der Waals surface area contributed by atoms with E-state index in [0.29, 0.717) is 6.04 Å². The molecule has 0 aliphatic rings. The van der Waals surface area contributed by atoms with Crippen LogP contribution in [0.1, 0.15) is 19.4 Å². The van der Waals surface area contributed by atoms with Crippen LogP contribution in [0.25, 0.3) is 55.7 Å². The lowest BCUT2D eigenvalue weighted by Gasteiger charge is -2.10. The fraction of sp³-hybridized carbons (Fsp3) is 0.138. The van der Waals surface area contributed by atoms with Crippen LogP contribution in [-0.2, 0) is 0 Å². The average molecular weight is 477 g/mol. The van der Waals surface area contributed by atoms with E-state index in [-0.39, 0.29) is 5.82 Å². The zero-order valence-electron chi connectivity index (χ0n) is 20.2. The Balaban J connectivity index is 1.45. The van der Waals surface area contributed by atoms with Crippen LogP contribution in [-0.4, -0.2) is 31.2 Å². The molecule has 0 saturated heterocycles. The lowest BCUT2D eigenvalue weighted by molar-refractivity contribution is 0.627. The number of aromatic amines is 2. The number of halogens is 1. The Kier molecular flexibility index (Phi) is 5.25. The van der Waals surface area contributed by atoms with E-state index >= 15 is 0 Å². The summed E-state index contributed by atoms with van der Waals surface area (Å²) in [6.07, 6.45) is 3.63. The molecule has 0 aliphatic heterocycles. The predicted octanol–water partition coefficient (Wildman–Crippen LogP) is 7.10. The second kappa shape index (κ2) is 8.61. The maximum Gasteiger partial charge on any atom is 0.135 e. The van der Waals surface area contributed by atoms with Gasteiger partial charge in [-0.25, -0.2) is 9.37 Å². The third-order valence-electron chi connectivity index (χ3n) is 6.17. The van der Waals surface area contributed by atoms with Gasteiger partial charge in [-0.3, -0.25) is 10.1 Å². The normalized spacial score (nSPS) is 11.6. The Morgan fingerprint density at radius 2 is 1.81 bits per heavy atom. The van der Waals surface area contributed by atoms with E-state index in [1.165, 1.54) is 6.07 Å². The van der Waals surface area contributed by atoms with Gasteiger partial charge in [-0.1, -0.05) is 18.2 Å². The van der Waals surface area contributed by atoms with Gasteiger partial charge in [-0.05, 0) is 79.9 Å². The van der Waals surface area contributed by atoms with Crippen molar-refractivity contribution in [2.45, 2.75) is 26.8 Å². The molecular formula is C29H25FN6. The maximum absolute atomic E-state index is 14.1. The number of anilines is 1. The molecule has 0 spiro atoms. The number of hydrogen-bond acceptors (Lipinski definition) is 4. The number of aryl methyl sites for hydroxylation is 1. The Bertz CT molecular complexity index is 1710. The zero-order valence-corrected chi connectivity index (χ0v) is 20.2. The van der Waals surface area contributed by atoms with Gasteiger partial charge in [0, 0.05) is 34.9 Å². The molecule has 0 aliphatic carbocycles. The fourth-order valence-electron chi connectivity index (χ4n) is 4.67. The van der Waals surface area contributed by atoms with Crippen LogP contribution >= 0.6 is 0 Å². The summed E-state index contributed by atoms with van der Waals surface area (Å²) >= 11 is 0. The van der Waals surface area contributed by atoms with Crippen LogP contribution in [0, 0.1) is 12.7 Å². The smallest absolute Gasteiger partial charge is 0.135 e. The van der Waals surface area contributed by atoms with E-state index in [1.807, 2.05) is 55.7 Å². The molecule has 0 saturated carbocycles. The van der Waals surface area contributed by atoms with E-state index in [0.717, 1.165) is 67.0 Å². The molecule has 0 fully saturated rings. The van der Waals surface area contributed by atoms with Crippen LogP contribution < -0.4 is 5.32 Å². The molecule has 0 amide bonds. The Morgan fingerprint density at radius 1 is 0.917 bits per heavy atom. The minimum Gasteiger partial charge on any atom is -0.382 e. The van der Waals surface area contributed by atoms with Crippen molar-refractivity contribution in [3.63, 3.8) is 0 Å². The molecule has 6 nitrogen and oxygen atoms in total. The number of benzene rings is 2. The third-order valence-corrected chi connectivity index (χ3v) is 6.17. The standard InChI is InChI=1S/C29H25FN6/c1-16(2)32-21-12-19(14-31-15-21)24-7-8-26-28(34-24)29(36-35-26)27-13-23-22(5-4-6-25(23)33-27)18-9-17(3)10-20(30)11-18/h4-16,32-33H,1-3H3,(H,35,36). The molecule has 6 rings (SSSR count). The van der Waals surface area contributed by atoms with E-state index < -0.39 is 0 Å². The second-order valence-electron chi connectivity index (χ2n) is 9.39. The highest BCUT2D eigenvalue weighted by atomic mass is 19.1. The predicted molar refractivity (Wildman–Crippen MR) is 143 cm³/mol. The van der Waals surface area contributed by atoms with Crippen LogP contribution in [0.2, 0.25) is 0 Å². The SMILES string of the molecule is Cc1cc(F)cc(-c2cccc3[nH]c(-c4n[nH]c5ccc(-c6cncc(NC(C)C)c6)nc45)cc23)c1. The van der Waals surface area contributed by atoms with Crippen LogP contribution in [0.15, 0.2) is 73.1 Å². The quantitative estimate of drug-likeness (QED) is 0.248. The molecule has 6 aromatic rings. The van der Waals surface area contributed by atoms with Gasteiger partial charge in [0.25, 0.3) is 0 Å². The number of H-pyrrole nitrogens is 2. The van der Waals surface area contributed by atoms with Crippen LogP contribution in [0.3, 0.4) is 0 Å². The molecule has 0 bridgehead atoms. The van der Waals surface area contributed by atoms with Crippen molar-refractivity contribution < 1.29 is 4.39 Å². The summed E-state index contributed by atoms with van der Waals surface area (Å²) in [5, 5.41) is 12.1. The summed E-state index contributed by atoms with van der Waals surface area (Å²) in [5.74, 6) is -0.241. The molecule has 0 unspecified atom stereocenters. The molecule has 2 aromatic carbocycles. The lowest BCUT2D eigenvalue weighted by Crippen LogP contribution is -2.09. The molecule has 3 N–H and O–H groups in total. The van der Waals surface area contributed by atoms with Crippen molar-refractivity contribution in [1.82, 2.24) is 25.1 Å². The first-order valence-electron chi connectivity index (χ1n) is 11.9. The Hall–Kier alpha value is -4.52. The summed E-state index contributed by atoms with van der Waals surface area (Å²) in [4.78, 5) is 12.8. The van der Waals surface area contributed by atoms with E-state index in [4.69, 9.17) is 4.98 Å². The highest BCUT2D eigenvalue weighted by molar-refractivity contribution is 6.00. The van der Waals surface area contributed by atoms with Crippen molar-refractivity contribution in [3.8, 4) is 33.8 Å². The Labute approximate surface area is 207 Å². The van der Waals surface area contributed by atoms with E-state index in [9.17, 15) is 4.39 Å². The number of hydrogen-bond donors (Lipinski definition) is 3. The minimum absolute atomic E-state index is 0.241. The van der Waals surface area contributed by atoms with Gasteiger partial charge < -0.3 is 10.3 Å². The van der Waals surface area contributed by atoms with Gasteiger partial charge in [0.2, 0.25) is 0 Å². The highest BCUT2D eigenvalue weighted by Gasteiger charge is 2.16. The van der Waals surface area contributed by atoms with E-state index in [1.54, 1.807) is 6.07 Å². The molecule has 7 heteroatoms. The molecule has 36 heavy (non-hydrogen) atoms. The lowest BCUT2D eigenvalue weighted by atomic mass is 10.00. The number of rotatable bonds is 5. The molecule has 0 atom stereocenters. The monoisotopic (exact) mass is 476 g/mol. The van der Waals surface area contributed by atoms with E-state index in [2.05, 4.69) is 51.5 Å². The number of nitrogens with one attached hydrogen (secondary N) is 3. The van der Waals surface area contributed by atoms with Crippen molar-refractivity contribution >= 4 is 27.6 Å². The number of nitrogens with zero attached hydrogens (tertiary/aromatic N) is 3.